The van der Waals surface area contributed by atoms with Gasteiger partial charge >= 0.3 is 0 Å². The van der Waals surface area contributed by atoms with Gasteiger partial charge in [0.05, 0.1) is 5.52 Å². The van der Waals surface area contributed by atoms with Gasteiger partial charge in [0.25, 0.3) is 0 Å². The van der Waals surface area contributed by atoms with E-state index in [0.29, 0.717) is 0 Å². The Balaban J connectivity index is 2.33. The zero-order chi connectivity index (χ0) is 10.5. The summed E-state index contributed by atoms with van der Waals surface area (Å²) >= 11 is 0. The Kier molecular flexibility index (Phi) is 1.58. The fourth-order valence-corrected chi connectivity index (χ4v) is 2.17. The lowest BCUT2D eigenvalue weighted by atomic mass is 9.87. The zero-order valence-electron chi connectivity index (χ0n) is 9.04. The first-order chi connectivity index (χ1) is 7.17. The molecule has 0 bridgehead atoms. The molecule has 0 amide bonds. The molecule has 76 valence electrons. The van der Waals surface area contributed by atoms with Gasteiger partial charge < -0.3 is 5.32 Å². The second-order valence-corrected chi connectivity index (χ2v) is 4.81. The van der Waals surface area contributed by atoms with Crippen LogP contribution in [0.5, 0.6) is 0 Å². The van der Waals surface area contributed by atoms with Crippen molar-refractivity contribution in [1.29, 1.82) is 0 Å². The van der Waals surface area contributed by atoms with Crippen molar-refractivity contribution in [2.75, 3.05) is 11.9 Å². The molecule has 0 fully saturated rings. The molecule has 3 rings (SSSR count). The van der Waals surface area contributed by atoms with Gasteiger partial charge in [0.1, 0.15) is 5.82 Å². The molecule has 0 saturated carbocycles. The van der Waals surface area contributed by atoms with Gasteiger partial charge in [0, 0.05) is 22.9 Å². The molecule has 1 aliphatic rings. The van der Waals surface area contributed by atoms with Crippen molar-refractivity contribution in [1.82, 2.24) is 4.98 Å². The zero-order valence-corrected chi connectivity index (χ0v) is 9.04. The fourth-order valence-electron chi connectivity index (χ4n) is 2.17. The van der Waals surface area contributed by atoms with Gasteiger partial charge in [-0.1, -0.05) is 32.0 Å². The summed E-state index contributed by atoms with van der Waals surface area (Å²) in [4.78, 5) is 4.64. The summed E-state index contributed by atoms with van der Waals surface area (Å²) in [5.41, 5.74) is 2.61. The van der Waals surface area contributed by atoms with E-state index in [4.69, 9.17) is 0 Å². The van der Waals surface area contributed by atoms with E-state index in [2.05, 4.69) is 48.4 Å². The van der Waals surface area contributed by atoms with Crippen LogP contribution in [0.3, 0.4) is 0 Å². The van der Waals surface area contributed by atoms with E-state index >= 15 is 0 Å². The highest BCUT2D eigenvalue weighted by atomic mass is 15.0. The first-order valence-corrected chi connectivity index (χ1v) is 5.31. The summed E-state index contributed by atoms with van der Waals surface area (Å²) in [6.45, 7) is 5.48. The van der Waals surface area contributed by atoms with Crippen LogP contribution in [0.2, 0.25) is 0 Å². The standard InChI is InChI=1S/C13H14N2/c1-13(2)8-14-12-10(13)7-9-5-3-4-6-11(9)15-12/h3-7H,8H2,1-2H3,(H,14,15). The largest absolute Gasteiger partial charge is 0.369 e. The normalized spacial score (nSPS) is 17.5. The van der Waals surface area contributed by atoms with Gasteiger partial charge in [0.15, 0.2) is 0 Å². The lowest BCUT2D eigenvalue weighted by Gasteiger charge is -2.16. The minimum atomic E-state index is 0.201. The summed E-state index contributed by atoms with van der Waals surface area (Å²) in [5, 5.41) is 4.60. The SMILES string of the molecule is CC1(C)CNc2nc3ccccc3cc21. The van der Waals surface area contributed by atoms with Gasteiger partial charge in [0.2, 0.25) is 0 Å². The molecular formula is C13H14N2. The third kappa shape index (κ3) is 1.21. The Labute approximate surface area is 89.3 Å². The van der Waals surface area contributed by atoms with E-state index in [-0.39, 0.29) is 5.41 Å². The lowest BCUT2D eigenvalue weighted by Crippen LogP contribution is -2.18. The summed E-state index contributed by atoms with van der Waals surface area (Å²) < 4.78 is 0. The Hall–Kier alpha value is -1.57. The number of nitrogens with zero attached hydrogens (tertiary/aromatic N) is 1. The molecule has 2 heteroatoms. The van der Waals surface area contributed by atoms with Crippen LogP contribution < -0.4 is 5.32 Å². The number of fused-ring (bicyclic) bond motifs is 2. The van der Waals surface area contributed by atoms with Crippen LogP contribution in [0.4, 0.5) is 5.82 Å². The van der Waals surface area contributed by atoms with Crippen molar-refractivity contribution >= 4 is 16.7 Å². The molecule has 2 heterocycles. The average molecular weight is 198 g/mol. The summed E-state index contributed by atoms with van der Waals surface area (Å²) in [7, 11) is 0. The Morgan fingerprint density at radius 2 is 2.07 bits per heavy atom. The molecule has 0 spiro atoms. The Morgan fingerprint density at radius 1 is 1.27 bits per heavy atom. The van der Waals surface area contributed by atoms with Crippen molar-refractivity contribution in [3.63, 3.8) is 0 Å². The molecule has 0 saturated heterocycles. The van der Waals surface area contributed by atoms with Crippen LogP contribution in [0, 0.1) is 0 Å². The van der Waals surface area contributed by atoms with Crippen molar-refractivity contribution in [3.8, 4) is 0 Å². The van der Waals surface area contributed by atoms with Gasteiger partial charge in [-0.3, -0.25) is 0 Å². The van der Waals surface area contributed by atoms with Crippen molar-refractivity contribution in [2.24, 2.45) is 0 Å². The molecule has 0 atom stereocenters. The average Bonchev–Trinajstić information content (AvgIpc) is 2.52. The van der Waals surface area contributed by atoms with Gasteiger partial charge in [-0.15, -0.1) is 0 Å². The highest BCUT2D eigenvalue weighted by Gasteiger charge is 2.30. The number of anilines is 1. The molecule has 1 aliphatic heterocycles. The predicted molar refractivity (Wildman–Crippen MR) is 63.3 cm³/mol. The second kappa shape index (κ2) is 2.72. The van der Waals surface area contributed by atoms with E-state index in [9.17, 15) is 0 Å². The molecule has 1 aromatic carbocycles. The van der Waals surface area contributed by atoms with E-state index in [0.717, 1.165) is 17.9 Å². The van der Waals surface area contributed by atoms with Crippen molar-refractivity contribution in [3.05, 3.63) is 35.9 Å². The highest BCUT2D eigenvalue weighted by Crippen LogP contribution is 2.36. The van der Waals surface area contributed by atoms with Crippen LogP contribution in [0.25, 0.3) is 10.9 Å². The van der Waals surface area contributed by atoms with Crippen molar-refractivity contribution in [2.45, 2.75) is 19.3 Å². The lowest BCUT2D eigenvalue weighted by molar-refractivity contribution is 0.586. The number of para-hydroxylation sites is 1. The molecule has 15 heavy (non-hydrogen) atoms. The number of rotatable bonds is 0. The third-order valence-corrected chi connectivity index (χ3v) is 3.15. The molecule has 0 unspecified atom stereocenters. The summed E-state index contributed by atoms with van der Waals surface area (Å²) in [6, 6.07) is 10.5. The van der Waals surface area contributed by atoms with Crippen molar-refractivity contribution < 1.29 is 0 Å². The number of hydrogen-bond donors (Lipinski definition) is 1. The van der Waals surface area contributed by atoms with E-state index in [1.165, 1.54) is 10.9 Å². The Bertz CT molecular complexity index is 529. The minimum absolute atomic E-state index is 0.201. The first-order valence-electron chi connectivity index (χ1n) is 5.31. The van der Waals surface area contributed by atoms with Crippen LogP contribution in [-0.4, -0.2) is 11.5 Å². The maximum atomic E-state index is 4.64. The van der Waals surface area contributed by atoms with Crippen LogP contribution >= 0.6 is 0 Å². The summed E-state index contributed by atoms with van der Waals surface area (Å²) in [5.74, 6) is 1.05. The molecule has 0 radical (unpaired) electrons. The first kappa shape index (κ1) is 8.72. The maximum absolute atomic E-state index is 4.64. The maximum Gasteiger partial charge on any atom is 0.130 e. The second-order valence-electron chi connectivity index (χ2n) is 4.81. The fraction of sp³-hybridized carbons (Fsp3) is 0.308. The Morgan fingerprint density at radius 3 is 2.93 bits per heavy atom. The third-order valence-electron chi connectivity index (χ3n) is 3.15. The minimum Gasteiger partial charge on any atom is -0.369 e. The highest BCUT2D eigenvalue weighted by molar-refractivity contribution is 5.82. The van der Waals surface area contributed by atoms with E-state index in [1.54, 1.807) is 0 Å². The van der Waals surface area contributed by atoms with Gasteiger partial charge in [-0.25, -0.2) is 4.98 Å². The molecule has 1 aromatic heterocycles. The number of hydrogen-bond acceptors (Lipinski definition) is 2. The van der Waals surface area contributed by atoms with Gasteiger partial charge in [-0.05, 0) is 12.1 Å². The number of nitrogens with one attached hydrogen (secondary N) is 1. The topological polar surface area (TPSA) is 24.9 Å². The summed E-state index contributed by atoms with van der Waals surface area (Å²) in [6.07, 6.45) is 0. The van der Waals surface area contributed by atoms with Crippen LogP contribution in [0.15, 0.2) is 30.3 Å². The number of pyridine rings is 1. The quantitative estimate of drug-likeness (QED) is 0.704. The monoisotopic (exact) mass is 198 g/mol. The number of benzene rings is 1. The smallest absolute Gasteiger partial charge is 0.130 e. The van der Waals surface area contributed by atoms with E-state index < -0.39 is 0 Å². The van der Waals surface area contributed by atoms with Crippen LogP contribution in [0.1, 0.15) is 19.4 Å². The number of aromatic nitrogens is 1. The van der Waals surface area contributed by atoms with Crippen LogP contribution in [-0.2, 0) is 5.41 Å². The van der Waals surface area contributed by atoms with Gasteiger partial charge in [-0.2, -0.15) is 0 Å². The molecule has 0 aliphatic carbocycles. The molecule has 2 aromatic rings. The molecule has 2 nitrogen and oxygen atoms in total. The molecule has 1 N–H and O–H groups in total. The molecular weight excluding hydrogens is 184 g/mol. The predicted octanol–water partition coefficient (Wildman–Crippen LogP) is 2.94. The van der Waals surface area contributed by atoms with E-state index in [1.807, 2.05) is 6.07 Å².